The molecule has 2 unspecified atom stereocenters. The first-order valence-electron chi connectivity index (χ1n) is 14.1. The van der Waals surface area contributed by atoms with Gasteiger partial charge in [0, 0.05) is 38.7 Å². The van der Waals surface area contributed by atoms with Crippen molar-refractivity contribution in [3.05, 3.63) is 0 Å². The van der Waals surface area contributed by atoms with Gasteiger partial charge in [-0.05, 0) is 81.1 Å². The van der Waals surface area contributed by atoms with Crippen LogP contribution in [0.2, 0.25) is 0 Å². The molecule has 0 aromatic carbocycles. The van der Waals surface area contributed by atoms with Crippen LogP contribution in [0, 0.1) is 10.8 Å². The number of amides is 2. The lowest BCUT2D eigenvalue weighted by Crippen LogP contribution is -2.50. The summed E-state index contributed by atoms with van der Waals surface area (Å²) in [6, 6.07) is 0. The number of carbonyl (C=O) groups excluding carboxylic acids is 3. The number of methoxy groups -OCH3 is 1. The molecule has 2 aliphatic heterocycles. The van der Waals surface area contributed by atoms with Crippen molar-refractivity contribution in [2.75, 3.05) is 46.5 Å². The maximum Gasteiger partial charge on any atom is 0.410 e. The molecule has 2 fully saturated rings. The van der Waals surface area contributed by atoms with Crippen molar-refractivity contribution in [1.82, 2.24) is 9.80 Å². The Kier molecular flexibility index (Phi) is 14.7. The van der Waals surface area contributed by atoms with Crippen LogP contribution in [0.5, 0.6) is 0 Å². The maximum absolute atomic E-state index is 12.0. The number of likely N-dealkylation sites (tertiary alicyclic amines) is 2. The molecule has 0 aromatic rings. The van der Waals surface area contributed by atoms with Crippen LogP contribution in [0.1, 0.15) is 102 Å². The predicted molar refractivity (Wildman–Crippen MR) is 150 cm³/mol. The summed E-state index contributed by atoms with van der Waals surface area (Å²) in [6.07, 6.45) is 3.07. The molecule has 38 heavy (non-hydrogen) atoms. The molecule has 2 rings (SSSR count). The predicted octanol–water partition coefficient (Wildman–Crippen LogP) is 6.28. The first-order valence-corrected chi connectivity index (χ1v) is 14.1. The Bertz CT molecular complexity index is 740. The summed E-state index contributed by atoms with van der Waals surface area (Å²) in [6.45, 7) is 24.5. The average Bonchev–Trinajstić information content (AvgIpc) is 2.79. The van der Waals surface area contributed by atoms with Gasteiger partial charge in [0.1, 0.15) is 11.2 Å². The fourth-order valence-corrected chi connectivity index (χ4v) is 4.46. The number of piperidine rings is 2. The van der Waals surface area contributed by atoms with Crippen LogP contribution < -0.4 is 0 Å². The summed E-state index contributed by atoms with van der Waals surface area (Å²) in [5, 5.41) is 0. The van der Waals surface area contributed by atoms with E-state index in [-0.39, 0.29) is 23.6 Å². The lowest BCUT2D eigenvalue weighted by molar-refractivity contribution is -0.157. The quantitative estimate of drug-likeness (QED) is 0.303. The molecule has 0 bridgehead atoms. The van der Waals surface area contributed by atoms with Gasteiger partial charge in [-0.1, -0.05) is 20.8 Å². The molecule has 0 aromatic heterocycles. The van der Waals surface area contributed by atoms with Crippen molar-refractivity contribution in [1.29, 1.82) is 0 Å². The van der Waals surface area contributed by atoms with E-state index in [1.807, 2.05) is 62.3 Å². The van der Waals surface area contributed by atoms with Gasteiger partial charge in [0.2, 0.25) is 0 Å². The molecular weight excluding hydrogens is 488 g/mol. The smallest absolute Gasteiger partial charge is 0.410 e. The van der Waals surface area contributed by atoms with Crippen LogP contribution in [0.25, 0.3) is 0 Å². The third-order valence-corrected chi connectivity index (χ3v) is 6.04. The zero-order chi connectivity index (χ0) is 29.8. The van der Waals surface area contributed by atoms with Gasteiger partial charge in [-0.15, -0.1) is 0 Å². The Balaban J connectivity index is 0.000000680. The lowest BCUT2D eigenvalue weighted by atomic mass is 9.82. The Morgan fingerprint density at radius 3 is 1.66 bits per heavy atom. The molecule has 0 N–H and O–H groups in total. The van der Waals surface area contributed by atoms with E-state index in [1.54, 1.807) is 23.8 Å². The molecule has 9 heteroatoms. The van der Waals surface area contributed by atoms with Gasteiger partial charge >= 0.3 is 18.2 Å². The highest BCUT2D eigenvalue weighted by molar-refractivity contribution is 5.78. The van der Waals surface area contributed by atoms with Crippen LogP contribution >= 0.6 is 0 Å². The van der Waals surface area contributed by atoms with E-state index >= 15 is 0 Å². The third kappa shape index (κ3) is 13.2. The number of hydrogen-bond donors (Lipinski definition) is 0. The average molecular weight is 545 g/mol. The monoisotopic (exact) mass is 544 g/mol. The van der Waals surface area contributed by atoms with Crippen LogP contribution in [-0.2, 0) is 23.7 Å². The largest absolute Gasteiger partial charge is 0.466 e. The third-order valence-electron chi connectivity index (χ3n) is 6.04. The van der Waals surface area contributed by atoms with E-state index in [2.05, 4.69) is 6.92 Å². The highest BCUT2D eigenvalue weighted by Crippen LogP contribution is 2.32. The number of esters is 1. The summed E-state index contributed by atoms with van der Waals surface area (Å²) in [4.78, 5) is 39.4. The lowest BCUT2D eigenvalue weighted by Gasteiger charge is -2.40. The molecule has 0 spiro atoms. The summed E-state index contributed by atoms with van der Waals surface area (Å²) >= 11 is 0. The molecule has 9 nitrogen and oxygen atoms in total. The minimum absolute atomic E-state index is 0.0594. The summed E-state index contributed by atoms with van der Waals surface area (Å²) in [7, 11) is 1.71. The number of hydrogen-bond acceptors (Lipinski definition) is 7. The summed E-state index contributed by atoms with van der Waals surface area (Å²) in [5.41, 5.74) is -1.50. The fraction of sp³-hybridized carbons (Fsp3) is 0.897. The minimum Gasteiger partial charge on any atom is -0.466 e. The second-order valence-corrected chi connectivity index (χ2v) is 12.5. The Morgan fingerprint density at radius 1 is 0.789 bits per heavy atom. The molecule has 0 saturated carbocycles. The molecule has 224 valence electrons. The second kappa shape index (κ2) is 15.5. The summed E-state index contributed by atoms with van der Waals surface area (Å²) < 4.78 is 21.1. The van der Waals surface area contributed by atoms with Crippen LogP contribution in [0.4, 0.5) is 9.59 Å². The standard InChI is InChI=1S/C14H25NO4.C13H25NO3.C2H6/c1-6-18-11(16)14(5)8-7-9-15(10-14)12(17)19-13(2,3)4;1-12(2,3)17-11(15)14-8-6-7-13(4,9-14)10-16-5;1-2/h6-10H2,1-5H3;6-10H2,1-5H3;1-2H3. The van der Waals surface area contributed by atoms with Crippen molar-refractivity contribution < 1.29 is 33.3 Å². The van der Waals surface area contributed by atoms with E-state index in [0.717, 1.165) is 38.8 Å². The molecule has 2 atom stereocenters. The van der Waals surface area contributed by atoms with Crippen LogP contribution in [0.3, 0.4) is 0 Å². The van der Waals surface area contributed by atoms with E-state index in [4.69, 9.17) is 18.9 Å². The number of rotatable bonds is 4. The Hall–Kier alpha value is -2.03. The van der Waals surface area contributed by atoms with Crippen molar-refractivity contribution in [3.63, 3.8) is 0 Å². The van der Waals surface area contributed by atoms with Gasteiger partial charge in [0.15, 0.2) is 0 Å². The van der Waals surface area contributed by atoms with E-state index in [0.29, 0.717) is 26.3 Å². The van der Waals surface area contributed by atoms with Crippen molar-refractivity contribution in [3.8, 4) is 0 Å². The van der Waals surface area contributed by atoms with Gasteiger partial charge in [-0.25, -0.2) is 9.59 Å². The first-order chi connectivity index (χ1) is 17.4. The normalized spacial score (nSPS) is 23.7. The van der Waals surface area contributed by atoms with Gasteiger partial charge in [-0.3, -0.25) is 4.79 Å². The van der Waals surface area contributed by atoms with E-state index < -0.39 is 16.6 Å². The Morgan fingerprint density at radius 2 is 1.24 bits per heavy atom. The van der Waals surface area contributed by atoms with Gasteiger partial charge in [0.05, 0.1) is 18.6 Å². The zero-order valence-electron chi connectivity index (χ0n) is 26.3. The zero-order valence-corrected chi connectivity index (χ0v) is 26.3. The number of nitrogens with zero attached hydrogens (tertiary/aromatic N) is 2. The van der Waals surface area contributed by atoms with Crippen molar-refractivity contribution in [2.45, 2.75) is 113 Å². The van der Waals surface area contributed by atoms with Crippen molar-refractivity contribution in [2.24, 2.45) is 10.8 Å². The highest BCUT2D eigenvalue weighted by atomic mass is 16.6. The molecule has 2 aliphatic rings. The SMILES string of the molecule is CC.CCOC(=O)C1(C)CCCN(C(=O)OC(C)(C)C)C1.COCC1(C)CCCN(C(=O)OC(C)(C)C)C1. The molecule has 0 aliphatic carbocycles. The van der Waals surface area contributed by atoms with E-state index in [1.165, 1.54) is 0 Å². The van der Waals surface area contributed by atoms with Crippen LogP contribution in [-0.4, -0.2) is 85.7 Å². The van der Waals surface area contributed by atoms with E-state index in [9.17, 15) is 14.4 Å². The first kappa shape index (κ1) is 36.0. The number of ether oxygens (including phenoxy) is 4. The van der Waals surface area contributed by atoms with Crippen molar-refractivity contribution >= 4 is 18.2 Å². The minimum atomic E-state index is -0.620. The van der Waals surface area contributed by atoms with Crippen LogP contribution in [0.15, 0.2) is 0 Å². The summed E-state index contributed by atoms with van der Waals surface area (Å²) in [5.74, 6) is -0.233. The van der Waals surface area contributed by atoms with Gasteiger partial charge in [-0.2, -0.15) is 0 Å². The molecule has 2 heterocycles. The Labute approximate surface area is 231 Å². The highest BCUT2D eigenvalue weighted by Gasteiger charge is 2.41. The molecule has 2 saturated heterocycles. The fourth-order valence-electron chi connectivity index (χ4n) is 4.46. The second-order valence-electron chi connectivity index (χ2n) is 12.5. The van der Waals surface area contributed by atoms with Gasteiger partial charge in [0.25, 0.3) is 0 Å². The van der Waals surface area contributed by atoms with Gasteiger partial charge < -0.3 is 28.7 Å². The number of carbonyl (C=O) groups is 3. The topological polar surface area (TPSA) is 94.6 Å². The molecular formula is C29H56N2O7. The molecule has 2 amide bonds. The maximum atomic E-state index is 12.0. The molecule has 0 radical (unpaired) electrons.